The van der Waals surface area contributed by atoms with Crippen LogP contribution in [0, 0.1) is 0 Å². The van der Waals surface area contributed by atoms with Crippen LogP contribution in [0.3, 0.4) is 0 Å². The molecule has 0 atom stereocenters. The lowest BCUT2D eigenvalue weighted by atomic mass is 10.2. The molecule has 0 saturated carbocycles. The Balaban J connectivity index is 2.17. The van der Waals surface area contributed by atoms with E-state index in [0.717, 1.165) is 11.3 Å². The summed E-state index contributed by atoms with van der Waals surface area (Å²) in [6.07, 6.45) is 0. The molecule has 2 aromatic rings. The van der Waals surface area contributed by atoms with E-state index in [1.165, 1.54) is 11.3 Å². The summed E-state index contributed by atoms with van der Waals surface area (Å²) in [5, 5.41) is 4.36. The van der Waals surface area contributed by atoms with Gasteiger partial charge in [0.15, 0.2) is 0 Å². The highest BCUT2D eigenvalue weighted by Crippen LogP contribution is 2.24. The zero-order chi connectivity index (χ0) is 13.8. The molecule has 3 nitrogen and oxygen atoms in total. The second-order valence-electron chi connectivity index (χ2n) is 4.13. The van der Waals surface area contributed by atoms with Crippen LogP contribution in [0.2, 0.25) is 5.02 Å². The van der Waals surface area contributed by atoms with E-state index in [4.69, 9.17) is 16.3 Å². The van der Waals surface area contributed by atoms with Crippen LogP contribution < -0.4 is 4.74 Å². The van der Waals surface area contributed by atoms with Gasteiger partial charge in [0.1, 0.15) is 5.75 Å². The van der Waals surface area contributed by atoms with E-state index in [9.17, 15) is 4.79 Å². The van der Waals surface area contributed by atoms with Crippen molar-refractivity contribution in [3.63, 3.8) is 0 Å². The molecule has 0 N–H and O–H groups in total. The first kappa shape index (κ1) is 13.9. The molecule has 19 heavy (non-hydrogen) atoms. The molecule has 0 bridgehead atoms. The Morgan fingerprint density at radius 3 is 2.84 bits per heavy atom. The van der Waals surface area contributed by atoms with Gasteiger partial charge in [0, 0.05) is 29.6 Å². The topological polar surface area (TPSA) is 29.5 Å². The van der Waals surface area contributed by atoms with Crippen LogP contribution in [-0.4, -0.2) is 25.0 Å². The molecule has 5 heteroatoms. The van der Waals surface area contributed by atoms with Crippen molar-refractivity contribution in [3.05, 3.63) is 51.2 Å². The molecule has 0 aliphatic rings. The number of benzene rings is 1. The Morgan fingerprint density at radius 2 is 2.21 bits per heavy atom. The number of methoxy groups -OCH3 is 1. The summed E-state index contributed by atoms with van der Waals surface area (Å²) in [6.45, 7) is 0.457. The molecule has 100 valence electrons. The first-order valence-corrected chi connectivity index (χ1v) is 7.04. The van der Waals surface area contributed by atoms with Crippen molar-refractivity contribution in [1.82, 2.24) is 4.90 Å². The van der Waals surface area contributed by atoms with Crippen molar-refractivity contribution in [2.45, 2.75) is 6.54 Å². The Hall–Kier alpha value is -1.52. The molecule has 0 radical (unpaired) electrons. The highest BCUT2D eigenvalue weighted by molar-refractivity contribution is 7.08. The van der Waals surface area contributed by atoms with Crippen molar-refractivity contribution in [3.8, 4) is 5.75 Å². The lowest BCUT2D eigenvalue weighted by Gasteiger charge is -2.18. The van der Waals surface area contributed by atoms with Crippen LogP contribution in [-0.2, 0) is 6.54 Å². The van der Waals surface area contributed by atoms with Crippen LogP contribution in [0.5, 0.6) is 5.75 Å². The summed E-state index contributed by atoms with van der Waals surface area (Å²) in [6, 6.07) is 7.21. The van der Waals surface area contributed by atoms with Gasteiger partial charge in [-0.2, -0.15) is 11.3 Å². The minimum atomic E-state index is -0.0109. The van der Waals surface area contributed by atoms with Crippen molar-refractivity contribution >= 4 is 28.8 Å². The van der Waals surface area contributed by atoms with Gasteiger partial charge < -0.3 is 9.64 Å². The fraction of sp³-hybridized carbons (Fsp3) is 0.214. The monoisotopic (exact) mass is 295 g/mol. The van der Waals surface area contributed by atoms with E-state index in [1.807, 2.05) is 22.9 Å². The van der Waals surface area contributed by atoms with Gasteiger partial charge in [-0.25, -0.2) is 0 Å². The number of halogens is 1. The van der Waals surface area contributed by atoms with Gasteiger partial charge in [-0.3, -0.25) is 4.79 Å². The van der Waals surface area contributed by atoms with Crippen LogP contribution in [0.15, 0.2) is 35.0 Å². The quantitative estimate of drug-likeness (QED) is 0.861. The third-order valence-electron chi connectivity index (χ3n) is 2.76. The van der Waals surface area contributed by atoms with Gasteiger partial charge in [0.2, 0.25) is 0 Å². The van der Waals surface area contributed by atoms with E-state index in [2.05, 4.69) is 0 Å². The predicted molar refractivity (Wildman–Crippen MR) is 78.1 cm³/mol. The van der Waals surface area contributed by atoms with Gasteiger partial charge in [0.05, 0.1) is 12.7 Å². The number of hydrogen-bond acceptors (Lipinski definition) is 3. The number of amides is 1. The normalized spacial score (nSPS) is 10.3. The maximum absolute atomic E-state index is 12.2. The Morgan fingerprint density at radius 1 is 1.42 bits per heavy atom. The van der Waals surface area contributed by atoms with Gasteiger partial charge in [-0.15, -0.1) is 0 Å². The summed E-state index contributed by atoms with van der Waals surface area (Å²) < 4.78 is 5.28. The van der Waals surface area contributed by atoms with Crippen molar-refractivity contribution in [2.75, 3.05) is 14.2 Å². The number of carbonyl (C=O) groups excluding carboxylic acids is 1. The highest BCUT2D eigenvalue weighted by Gasteiger charge is 2.14. The van der Waals surface area contributed by atoms with E-state index >= 15 is 0 Å². The standard InChI is InChI=1S/C14H14ClNO2S/c1-16(14(17)10-5-6-19-9-10)8-11-7-12(15)3-4-13(11)18-2/h3-7,9H,8H2,1-2H3. The first-order chi connectivity index (χ1) is 9.11. The highest BCUT2D eigenvalue weighted by atomic mass is 35.5. The smallest absolute Gasteiger partial charge is 0.254 e. The molecule has 0 unspecified atom stereocenters. The van der Waals surface area contributed by atoms with E-state index in [1.54, 1.807) is 31.2 Å². The van der Waals surface area contributed by atoms with Gasteiger partial charge in [-0.05, 0) is 29.6 Å². The SMILES string of the molecule is COc1ccc(Cl)cc1CN(C)C(=O)c1ccsc1. The number of hydrogen-bond donors (Lipinski definition) is 0. The molecular formula is C14H14ClNO2S. The van der Waals surface area contributed by atoms with Crippen molar-refractivity contribution in [2.24, 2.45) is 0 Å². The van der Waals surface area contributed by atoms with Crippen LogP contribution in [0.4, 0.5) is 0 Å². The largest absolute Gasteiger partial charge is 0.496 e. The molecule has 0 aliphatic carbocycles. The molecule has 1 aromatic carbocycles. The zero-order valence-electron chi connectivity index (χ0n) is 10.7. The lowest BCUT2D eigenvalue weighted by molar-refractivity contribution is 0.0785. The van der Waals surface area contributed by atoms with E-state index < -0.39 is 0 Å². The molecule has 2 rings (SSSR count). The molecule has 0 saturated heterocycles. The molecule has 0 fully saturated rings. The Bertz CT molecular complexity index is 569. The number of rotatable bonds is 4. The maximum Gasteiger partial charge on any atom is 0.254 e. The number of thiophene rings is 1. The molecular weight excluding hydrogens is 282 g/mol. The fourth-order valence-corrected chi connectivity index (χ4v) is 2.63. The van der Waals surface area contributed by atoms with Gasteiger partial charge in [-0.1, -0.05) is 11.6 Å². The number of ether oxygens (including phenoxy) is 1. The molecule has 1 heterocycles. The number of carbonyl (C=O) groups is 1. The van der Waals surface area contributed by atoms with Crippen LogP contribution in [0.1, 0.15) is 15.9 Å². The Kier molecular flexibility index (Phi) is 4.45. The molecule has 1 amide bonds. The van der Waals surface area contributed by atoms with Crippen molar-refractivity contribution < 1.29 is 9.53 Å². The average Bonchev–Trinajstić information content (AvgIpc) is 2.92. The number of nitrogens with zero attached hydrogens (tertiary/aromatic N) is 1. The second kappa shape index (κ2) is 6.08. The first-order valence-electron chi connectivity index (χ1n) is 5.72. The fourth-order valence-electron chi connectivity index (χ4n) is 1.80. The third kappa shape index (κ3) is 3.28. The zero-order valence-corrected chi connectivity index (χ0v) is 12.3. The lowest BCUT2D eigenvalue weighted by Crippen LogP contribution is -2.26. The second-order valence-corrected chi connectivity index (χ2v) is 5.35. The molecule has 0 spiro atoms. The summed E-state index contributed by atoms with van der Waals surface area (Å²) >= 11 is 7.49. The van der Waals surface area contributed by atoms with Gasteiger partial charge in [0.25, 0.3) is 5.91 Å². The third-order valence-corrected chi connectivity index (χ3v) is 3.68. The molecule has 0 aliphatic heterocycles. The maximum atomic E-state index is 12.2. The van der Waals surface area contributed by atoms with E-state index in [-0.39, 0.29) is 5.91 Å². The summed E-state index contributed by atoms with van der Waals surface area (Å²) in [5.41, 5.74) is 1.59. The summed E-state index contributed by atoms with van der Waals surface area (Å²) in [5.74, 6) is 0.720. The van der Waals surface area contributed by atoms with E-state index in [0.29, 0.717) is 17.1 Å². The summed E-state index contributed by atoms with van der Waals surface area (Å²) in [4.78, 5) is 13.8. The van der Waals surface area contributed by atoms with Crippen molar-refractivity contribution in [1.29, 1.82) is 0 Å². The summed E-state index contributed by atoms with van der Waals surface area (Å²) in [7, 11) is 3.37. The minimum Gasteiger partial charge on any atom is -0.496 e. The molecule has 1 aromatic heterocycles. The van der Waals surface area contributed by atoms with Gasteiger partial charge >= 0.3 is 0 Å². The predicted octanol–water partition coefficient (Wildman–Crippen LogP) is 3.68. The average molecular weight is 296 g/mol. The van der Waals surface area contributed by atoms with Crippen LogP contribution in [0.25, 0.3) is 0 Å². The van der Waals surface area contributed by atoms with Crippen LogP contribution >= 0.6 is 22.9 Å². The minimum absolute atomic E-state index is 0.0109. The Labute approximate surface area is 121 Å².